The second-order valence-corrected chi connectivity index (χ2v) is 4.73. The summed E-state index contributed by atoms with van der Waals surface area (Å²) in [6.07, 6.45) is 1.35. The fourth-order valence-electron chi connectivity index (χ4n) is 1.50. The Labute approximate surface area is 114 Å². The van der Waals surface area contributed by atoms with Gasteiger partial charge in [0.2, 0.25) is 0 Å². The standard InChI is InChI=1S/C13H12N2O3S/c1-18-10-4-2-3-5-11(10)19-12-6-8(13(16)17)9(14)7-15-12/h2-7H,14H2,1H3,(H,16,17). The Morgan fingerprint density at radius 1 is 1.42 bits per heavy atom. The number of ether oxygens (including phenoxy) is 1. The van der Waals surface area contributed by atoms with Crippen LogP contribution < -0.4 is 10.5 Å². The minimum absolute atomic E-state index is 0.0485. The summed E-state index contributed by atoms with van der Waals surface area (Å²) in [5.74, 6) is -0.357. The van der Waals surface area contributed by atoms with Gasteiger partial charge in [-0.3, -0.25) is 0 Å². The van der Waals surface area contributed by atoms with Crippen LogP contribution in [-0.4, -0.2) is 23.2 Å². The Morgan fingerprint density at radius 2 is 2.16 bits per heavy atom. The Bertz CT molecular complexity index is 617. The average molecular weight is 276 g/mol. The lowest BCUT2D eigenvalue weighted by Gasteiger charge is -2.08. The molecule has 0 amide bonds. The fraction of sp³-hybridized carbons (Fsp3) is 0.0769. The van der Waals surface area contributed by atoms with E-state index < -0.39 is 5.97 Å². The molecule has 1 heterocycles. The number of nitrogen functional groups attached to an aromatic ring is 1. The molecule has 1 aromatic carbocycles. The number of hydrogen-bond acceptors (Lipinski definition) is 5. The summed E-state index contributed by atoms with van der Waals surface area (Å²) >= 11 is 1.32. The highest BCUT2D eigenvalue weighted by atomic mass is 32.2. The Hall–Kier alpha value is -2.21. The quantitative estimate of drug-likeness (QED) is 0.892. The topological polar surface area (TPSA) is 85.4 Å². The van der Waals surface area contributed by atoms with Crippen LogP contribution in [0, 0.1) is 0 Å². The van der Waals surface area contributed by atoms with Gasteiger partial charge in [0.05, 0.1) is 29.5 Å². The third-order valence-corrected chi connectivity index (χ3v) is 3.41. The van der Waals surface area contributed by atoms with Gasteiger partial charge in [-0.25, -0.2) is 9.78 Å². The second-order valence-electron chi connectivity index (χ2n) is 3.67. The Balaban J connectivity index is 2.33. The summed E-state index contributed by atoms with van der Waals surface area (Å²) in [5.41, 5.74) is 5.76. The molecule has 0 unspecified atom stereocenters. The third kappa shape index (κ3) is 2.97. The molecular weight excluding hydrogens is 264 g/mol. The van der Waals surface area contributed by atoms with Crippen molar-refractivity contribution in [2.45, 2.75) is 9.92 Å². The van der Waals surface area contributed by atoms with Crippen LogP contribution in [0.5, 0.6) is 5.75 Å². The number of carboxylic acid groups (broad SMARTS) is 1. The number of hydrogen-bond donors (Lipinski definition) is 2. The van der Waals surface area contributed by atoms with Crippen LogP contribution in [0.1, 0.15) is 10.4 Å². The largest absolute Gasteiger partial charge is 0.496 e. The van der Waals surface area contributed by atoms with Gasteiger partial charge in [-0.05, 0) is 18.2 Å². The molecule has 6 heteroatoms. The molecule has 3 N–H and O–H groups in total. The first kappa shape index (κ1) is 13.2. The molecule has 0 aliphatic heterocycles. The summed E-state index contributed by atoms with van der Waals surface area (Å²) in [4.78, 5) is 16.0. The molecule has 19 heavy (non-hydrogen) atoms. The first-order chi connectivity index (χ1) is 9.11. The van der Waals surface area contributed by atoms with Crippen LogP contribution in [0.15, 0.2) is 46.5 Å². The number of methoxy groups -OCH3 is 1. The number of pyridine rings is 1. The van der Waals surface area contributed by atoms with E-state index in [0.29, 0.717) is 10.8 Å². The lowest BCUT2D eigenvalue weighted by Crippen LogP contribution is -2.03. The molecule has 0 spiro atoms. The van der Waals surface area contributed by atoms with E-state index in [0.717, 1.165) is 4.90 Å². The van der Waals surface area contributed by atoms with Crippen molar-refractivity contribution in [3.8, 4) is 5.75 Å². The smallest absolute Gasteiger partial charge is 0.337 e. The molecule has 5 nitrogen and oxygen atoms in total. The first-order valence-electron chi connectivity index (χ1n) is 5.41. The Kier molecular flexibility index (Phi) is 3.91. The van der Waals surface area contributed by atoms with E-state index in [9.17, 15) is 4.79 Å². The van der Waals surface area contributed by atoms with E-state index in [2.05, 4.69) is 4.98 Å². The number of anilines is 1. The zero-order chi connectivity index (χ0) is 13.8. The van der Waals surface area contributed by atoms with E-state index >= 15 is 0 Å². The SMILES string of the molecule is COc1ccccc1Sc1cc(C(=O)O)c(N)cn1. The summed E-state index contributed by atoms with van der Waals surface area (Å²) in [6, 6.07) is 8.90. The van der Waals surface area contributed by atoms with Gasteiger partial charge in [-0.1, -0.05) is 23.9 Å². The number of carboxylic acids is 1. The molecule has 2 aromatic rings. The molecule has 0 saturated heterocycles. The number of nitrogens with two attached hydrogens (primary N) is 1. The first-order valence-corrected chi connectivity index (χ1v) is 6.23. The highest BCUT2D eigenvalue weighted by molar-refractivity contribution is 7.99. The van der Waals surface area contributed by atoms with Gasteiger partial charge in [0.15, 0.2) is 0 Å². The number of aromatic nitrogens is 1. The number of para-hydroxylation sites is 1. The summed E-state index contributed by atoms with van der Waals surface area (Å²) in [6.45, 7) is 0. The molecule has 98 valence electrons. The van der Waals surface area contributed by atoms with Gasteiger partial charge < -0.3 is 15.6 Å². The molecule has 0 atom stereocenters. The minimum Gasteiger partial charge on any atom is -0.496 e. The number of carbonyl (C=O) groups is 1. The number of benzene rings is 1. The summed E-state index contributed by atoms with van der Waals surface area (Å²) < 4.78 is 5.23. The van der Waals surface area contributed by atoms with Gasteiger partial charge in [0, 0.05) is 0 Å². The predicted octanol–water partition coefficient (Wildman–Crippen LogP) is 2.52. The van der Waals surface area contributed by atoms with Crippen LogP contribution in [0.4, 0.5) is 5.69 Å². The average Bonchev–Trinajstić information content (AvgIpc) is 2.41. The zero-order valence-corrected chi connectivity index (χ0v) is 11.0. The monoisotopic (exact) mass is 276 g/mol. The van der Waals surface area contributed by atoms with Crippen molar-refractivity contribution in [1.29, 1.82) is 0 Å². The van der Waals surface area contributed by atoms with E-state index in [1.54, 1.807) is 7.11 Å². The molecule has 1 aromatic heterocycles. The second kappa shape index (κ2) is 5.62. The van der Waals surface area contributed by atoms with Crippen molar-refractivity contribution in [2.24, 2.45) is 0 Å². The van der Waals surface area contributed by atoms with Crippen LogP contribution in [0.2, 0.25) is 0 Å². The van der Waals surface area contributed by atoms with Gasteiger partial charge in [-0.15, -0.1) is 0 Å². The minimum atomic E-state index is -1.07. The summed E-state index contributed by atoms with van der Waals surface area (Å²) in [7, 11) is 1.58. The van der Waals surface area contributed by atoms with Crippen molar-refractivity contribution in [3.05, 3.63) is 42.1 Å². The molecule has 0 fully saturated rings. The van der Waals surface area contributed by atoms with Crippen LogP contribution in [0.3, 0.4) is 0 Å². The molecular formula is C13H12N2O3S. The highest BCUT2D eigenvalue weighted by Crippen LogP contribution is 2.34. The highest BCUT2D eigenvalue weighted by Gasteiger charge is 2.11. The van der Waals surface area contributed by atoms with Gasteiger partial charge in [-0.2, -0.15) is 0 Å². The maximum atomic E-state index is 11.0. The van der Waals surface area contributed by atoms with Crippen molar-refractivity contribution in [1.82, 2.24) is 4.98 Å². The van der Waals surface area contributed by atoms with E-state index in [4.69, 9.17) is 15.6 Å². The van der Waals surface area contributed by atoms with Crippen LogP contribution in [0.25, 0.3) is 0 Å². The Morgan fingerprint density at radius 3 is 2.84 bits per heavy atom. The van der Waals surface area contributed by atoms with Crippen LogP contribution >= 0.6 is 11.8 Å². The van der Waals surface area contributed by atoms with Crippen molar-refractivity contribution < 1.29 is 14.6 Å². The molecule has 0 bridgehead atoms. The maximum absolute atomic E-state index is 11.0. The number of nitrogens with zero attached hydrogens (tertiary/aromatic N) is 1. The molecule has 0 saturated carbocycles. The molecule has 0 aliphatic rings. The zero-order valence-electron chi connectivity index (χ0n) is 10.2. The number of rotatable bonds is 4. The lowest BCUT2D eigenvalue weighted by atomic mass is 10.2. The summed E-state index contributed by atoms with van der Waals surface area (Å²) in [5, 5.41) is 9.57. The third-order valence-electron chi connectivity index (χ3n) is 2.42. The van der Waals surface area contributed by atoms with Crippen molar-refractivity contribution >= 4 is 23.4 Å². The van der Waals surface area contributed by atoms with Crippen molar-refractivity contribution in [2.75, 3.05) is 12.8 Å². The molecule has 0 aliphatic carbocycles. The molecule has 2 rings (SSSR count). The normalized spacial score (nSPS) is 10.2. The van der Waals surface area contributed by atoms with Crippen LogP contribution in [-0.2, 0) is 0 Å². The van der Waals surface area contributed by atoms with Crippen molar-refractivity contribution in [3.63, 3.8) is 0 Å². The maximum Gasteiger partial charge on any atom is 0.337 e. The lowest BCUT2D eigenvalue weighted by molar-refractivity contribution is 0.0697. The predicted molar refractivity (Wildman–Crippen MR) is 72.7 cm³/mol. The number of aromatic carboxylic acids is 1. The fourth-order valence-corrected chi connectivity index (χ4v) is 2.41. The van der Waals surface area contributed by atoms with Gasteiger partial charge >= 0.3 is 5.97 Å². The van der Waals surface area contributed by atoms with E-state index in [1.807, 2.05) is 24.3 Å². The molecule has 0 radical (unpaired) electrons. The van der Waals surface area contributed by atoms with Gasteiger partial charge in [0.25, 0.3) is 0 Å². The van der Waals surface area contributed by atoms with Gasteiger partial charge in [0.1, 0.15) is 10.8 Å². The van der Waals surface area contributed by atoms with E-state index in [-0.39, 0.29) is 11.3 Å². The van der Waals surface area contributed by atoms with E-state index in [1.165, 1.54) is 24.0 Å².